The van der Waals surface area contributed by atoms with Crippen LogP contribution in [-0.2, 0) is 15.8 Å². The van der Waals surface area contributed by atoms with E-state index in [2.05, 4.69) is 20.7 Å². The lowest BCUT2D eigenvalue weighted by atomic mass is 10.2. The maximum Gasteiger partial charge on any atom is 0.236 e. The summed E-state index contributed by atoms with van der Waals surface area (Å²) in [6, 6.07) is 12.2. The standard InChI is InChI=1S/C14H15BrN2O2S/c1-10-6-12(15)8-14(7-10)17-20(18,19)9-11-2-4-13(16)5-3-11/h2-8,17H,9,16H2,1H3. The van der Waals surface area contributed by atoms with Crippen LogP contribution in [0.5, 0.6) is 0 Å². The largest absolute Gasteiger partial charge is 0.399 e. The molecule has 0 aliphatic heterocycles. The van der Waals surface area contributed by atoms with Crippen molar-refractivity contribution in [3.8, 4) is 0 Å². The van der Waals surface area contributed by atoms with Crippen molar-refractivity contribution >= 4 is 37.3 Å². The molecule has 0 heterocycles. The smallest absolute Gasteiger partial charge is 0.236 e. The van der Waals surface area contributed by atoms with E-state index in [4.69, 9.17) is 5.73 Å². The highest BCUT2D eigenvalue weighted by Gasteiger charge is 2.12. The molecule has 0 saturated heterocycles. The molecule has 2 aromatic carbocycles. The Bertz CT molecular complexity index is 692. The highest BCUT2D eigenvalue weighted by molar-refractivity contribution is 9.10. The normalized spacial score (nSPS) is 11.3. The second-order valence-electron chi connectivity index (χ2n) is 4.62. The lowest BCUT2D eigenvalue weighted by molar-refractivity contribution is 0.600. The van der Waals surface area contributed by atoms with Crippen molar-refractivity contribution in [2.45, 2.75) is 12.7 Å². The Kier molecular flexibility index (Phi) is 4.35. The number of sulfonamides is 1. The van der Waals surface area contributed by atoms with Gasteiger partial charge in [-0.3, -0.25) is 4.72 Å². The molecule has 0 atom stereocenters. The van der Waals surface area contributed by atoms with Gasteiger partial charge in [0.1, 0.15) is 0 Å². The zero-order valence-corrected chi connectivity index (χ0v) is 13.3. The van der Waals surface area contributed by atoms with Crippen molar-refractivity contribution in [3.63, 3.8) is 0 Å². The topological polar surface area (TPSA) is 72.2 Å². The number of nitrogen functional groups attached to an aromatic ring is 1. The minimum absolute atomic E-state index is 0.0845. The average Bonchev–Trinajstić information content (AvgIpc) is 2.29. The number of nitrogens with one attached hydrogen (secondary N) is 1. The van der Waals surface area contributed by atoms with E-state index in [1.54, 1.807) is 36.4 Å². The van der Waals surface area contributed by atoms with Crippen molar-refractivity contribution in [2.24, 2.45) is 0 Å². The molecule has 20 heavy (non-hydrogen) atoms. The quantitative estimate of drug-likeness (QED) is 0.827. The number of hydrogen-bond acceptors (Lipinski definition) is 3. The molecule has 4 nitrogen and oxygen atoms in total. The van der Waals surface area contributed by atoms with Crippen molar-refractivity contribution in [2.75, 3.05) is 10.5 Å². The van der Waals surface area contributed by atoms with Gasteiger partial charge in [0.05, 0.1) is 5.75 Å². The Hall–Kier alpha value is -1.53. The minimum Gasteiger partial charge on any atom is -0.399 e. The van der Waals surface area contributed by atoms with Crippen molar-refractivity contribution in [3.05, 3.63) is 58.1 Å². The van der Waals surface area contributed by atoms with Gasteiger partial charge in [0.2, 0.25) is 10.0 Å². The molecule has 0 aliphatic carbocycles. The van der Waals surface area contributed by atoms with Crippen molar-refractivity contribution in [1.82, 2.24) is 0 Å². The van der Waals surface area contributed by atoms with E-state index in [-0.39, 0.29) is 5.75 Å². The summed E-state index contributed by atoms with van der Waals surface area (Å²) in [6.07, 6.45) is 0. The first-order valence-corrected chi connectivity index (χ1v) is 8.41. The van der Waals surface area contributed by atoms with Gasteiger partial charge in [-0.15, -0.1) is 0 Å². The van der Waals surface area contributed by atoms with E-state index in [1.807, 2.05) is 13.0 Å². The second kappa shape index (κ2) is 5.85. The van der Waals surface area contributed by atoms with E-state index >= 15 is 0 Å². The lowest BCUT2D eigenvalue weighted by Crippen LogP contribution is -2.15. The van der Waals surface area contributed by atoms with E-state index in [1.165, 1.54) is 0 Å². The molecule has 106 valence electrons. The molecule has 2 aromatic rings. The van der Waals surface area contributed by atoms with Crippen LogP contribution >= 0.6 is 15.9 Å². The maximum atomic E-state index is 12.1. The first kappa shape index (κ1) is 14.9. The van der Waals surface area contributed by atoms with Gasteiger partial charge in [0.25, 0.3) is 0 Å². The van der Waals surface area contributed by atoms with Gasteiger partial charge in [0, 0.05) is 15.8 Å². The Morgan fingerprint density at radius 2 is 1.80 bits per heavy atom. The molecule has 0 bridgehead atoms. The first-order valence-electron chi connectivity index (χ1n) is 5.96. The zero-order chi connectivity index (χ0) is 14.8. The molecule has 0 amide bonds. The Labute approximate surface area is 127 Å². The van der Waals surface area contributed by atoms with Gasteiger partial charge in [-0.05, 0) is 48.4 Å². The minimum atomic E-state index is -3.45. The molecule has 0 aromatic heterocycles. The third kappa shape index (κ3) is 4.25. The number of rotatable bonds is 4. The molecule has 0 radical (unpaired) electrons. The van der Waals surface area contributed by atoms with Gasteiger partial charge in [0.15, 0.2) is 0 Å². The molecule has 0 unspecified atom stereocenters. The van der Waals surface area contributed by atoms with Gasteiger partial charge in [-0.25, -0.2) is 8.42 Å². The van der Waals surface area contributed by atoms with E-state index in [0.717, 1.165) is 10.0 Å². The highest BCUT2D eigenvalue weighted by atomic mass is 79.9. The second-order valence-corrected chi connectivity index (χ2v) is 7.26. The molecule has 0 saturated carbocycles. The van der Waals surface area contributed by atoms with Crippen LogP contribution in [0, 0.1) is 6.92 Å². The highest BCUT2D eigenvalue weighted by Crippen LogP contribution is 2.21. The third-order valence-corrected chi connectivity index (χ3v) is 4.37. The summed E-state index contributed by atoms with van der Waals surface area (Å²) >= 11 is 3.35. The Balaban J connectivity index is 2.16. The summed E-state index contributed by atoms with van der Waals surface area (Å²) in [5.74, 6) is -0.0845. The Morgan fingerprint density at radius 3 is 2.40 bits per heavy atom. The van der Waals surface area contributed by atoms with Crippen LogP contribution in [0.25, 0.3) is 0 Å². The van der Waals surface area contributed by atoms with Crippen molar-refractivity contribution in [1.29, 1.82) is 0 Å². The molecule has 6 heteroatoms. The lowest BCUT2D eigenvalue weighted by Gasteiger charge is -2.09. The van der Waals surface area contributed by atoms with Gasteiger partial charge >= 0.3 is 0 Å². The maximum absolute atomic E-state index is 12.1. The molecule has 0 aliphatic rings. The number of aryl methyl sites for hydroxylation is 1. The van der Waals surface area contributed by atoms with E-state index in [9.17, 15) is 8.42 Å². The summed E-state index contributed by atoms with van der Waals surface area (Å²) in [5.41, 5.74) is 8.41. The van der Waals surface area contributed by atoms with Gasteiger partial charge < -0.3 is 5.73 Å². The average molecular weight is 355 g/mol. The number of benzene rings is 2. The number of anilines is 2. The van der Waals surface area contributed by atoms with Gasteiger partial charge in [-0.2, -0.15) is 0 Å². The van der Waals surface area contributed by atoms with Crippen LogP contribution in [0.4, 0.5) is 11.4 Å². The fourth-order valence-electron chi connectivity index (χ4n) is 1.84. The van der Waals surface area contributed by atoms with Crippen LogP contribution in [0.15, 0.2) is 46.9 Å². The summed E-state index contributed by atoms with van der Waals surface area (Å²) in [6.45, 7) is 1.91. The van der Waals surface area contributed by atoms with Crippen LogP contribution in [0.1, 0.15) is 11.1 Å². The predicted octanol–water partition coefficient (Wildman–Crippen LogP) is 3.28. The van der Waals surface area contributed by atoms with E-state index in [0.29, 0.717) is 16.9 Å². The summed E-state index contributed by atoms with van der Waals surface area (Å²) in [5, 5.41) is 0. The van der Waals surface area contributed by atoms with Crippen LogP contribution in [0.2, 0.25) is 0 Å². The summed E-state index contributed by atoms with van der Waals surface area (Å²) < 4.78 is 27.6. The van der Waals surface area contributed by atoms with Crippen molar-refractivity contribution < 1.29 is 8.42 Å². The van der Waals surface area contributed by atoms with Crippen LogP contribution in [-0.4, -0.2) is 8.42 Å². The molecular weight excluding hydrogens is 340 g/mol. The first-order chi connectivity index (χ1) is 9.34. The molecule has 0 spiro atoms. The SMILES string of the molecule is Cc1cc(Br)cc(NS(=O)(=O)Cc2ccc(N)cc2)c1. The van der Waals surface area contributed by atoms with Crippen LogP contribution in [0.3, 0.4) is 0 Å². The number of hydrogen-bond donors (Lipinski definition) is 2. The number of halogens is 1. The van der Waals surface area contributed by atoms with Gasteiger partial charge in [-0.1, -0.05) is 28.1 Å². The number of nitrogens with two attached hydrogens (primary N) is 1. The fourth-order valence-corrected chi connectivity index (χ4v) is 3.63. The molecule has 3 N–H and O–H groups in total. The molecule has 2 rings (SSSR count). The third-order valence-electron chi connectivity index (χ3n) is 2.65. The monoisotopic (exact) mass is 354 g/mol. The predicted molar refractivity (Wildman–Crippen MR) is 86.0 cm³/mol. The summed E-state index contributed by atoms with van der Waals surface area (Å²) in [4.78, 5) is 0. The Morgan fingerprint density at radius 1 is 1.15 bits per heavy atom. The van der Waals surface area contributed by atoms with E-state index < -0.39 is 10.0 Å². The molecule has 0 fully saturated rings. The van der Waals surface area contributed by atoms with Crippen LogP contribution < -0.4 is 10.5 Å². The summed E-state index contributed by atoms with van der Waals surface area (Å²) in [7, 11) is -3.45. The zero-order valence-electron chi connectivity index (χ0n) is 10.9. The molecular formula is C14H15BrN2O2S. The fraction of sp³-hybridized carbons (Fsp3) is 0.143.